The minimum absolute atomic E-state index is 0.0728. The third-order valence-electron chi connectivity index (χ3n) is 5.59. The van der Waals surface area contributed by atoms with E-state index in [9.17, 15) is 31.9 Å². The summed E-state index contributed by atoms with van der Waals surface area (Å²) < 4.78 is 58.1. The zero-order valence-electron chi connectivity index (χ0n) is 20.6. The molecule has 37 heavy (non-hydrogen) atoms. The van der Waals surface area contributed by atoms with Crippen molar-refractivity contribution in [2.75, 3.05) is 0 Å². The van der Waals surface area contributed by atoms with E-state index in [2.05, 4.69) is 10.6 Å². The van der Waals surface area contributed by atoms with Gasteiger partial charge in [-0.05, 0) is 67.3 Å². The number of carbonyl (C=O) groups is 3. The van der Waals surface area contributed by atoms with Crippen LogP contribution in [0.3, 0.4) is 0 Å². The van der Waals surface area contributed by atoms with Crippen LogP contribution in [0.4, 0.5) is 17.6 Å². The molecular formula is C26H30F4N2O4S. The summed E-state index contributed by atoms with van der Waals surface area (Å²) in [7, 11) is 0. The van der Waals surface area contributed by atoms with Crippen LogP contribution in [0.1, 0.15) is 67.6 Å². The summed E-state index contributed by atoms with van der Waals surface area (Å²) >= 11 is 4.83. The Bertz CT molecular complexity index is 1070. The molecule has 2 N–H and O–H groups in total. The number of amides is 2. The van der Waals surface area contributed by atoms with E-state index in [0.717, 1.165) is 6.07 Å². The van der Waals surface area contributed by atoms with Gasteiger partial charge in [-0.3, -0.25) is 14.4 Å². The number of rotatable bonds is 14. The molecule has 2 amide bonds. The standard InChI is InChI=1S/C26H30F4N2O4S/c1-16(2)14-22(32-24(34)19-10-8-17(15-20(19)27)26(28,29)30)25(35)31-21(7-3-4-13-37)23(33)11-9-18-6-5-12-36-18/h5-6,8,10,12-13,15-16,21-22H,3-4,7,9,11,14H2,1-2H3,(H,31,35)(H,32,34)/t21-,22-/m0/s1. The summed E-state index contributed by atoms with van der Waals surface area (Å²) in [5.41, 5.74) is -1.85. The molecule has 0 unspecified atom stereocenters. The number of ketones is 1. The molecule has 11 heteroatoms. The Morgan fingerprint density at radius 3 is 2.41 bits per heavy atom. The molecule has 2 atom stereocenters. The minimum Gasteiger partial charge on any atom is -0.469 e. The highest BCUT2D eigenvalue weighted by Gasteiger charge is 2.32. The van der Waals surface area contributed by atoms with Gasteiger partial charge >= 0.3 is 6.18 Å². The van der Waals surface area contributed by atoms with Gasteiger partial charge < -0.3 is 15.1 Å². The van der Waals surface area contributed by atoms with Gasteiger partial charge in [-0.2, -0.15) is 13.2 Å². The lowest BCUT2D eigenvalue weighted by atomic mass is 9.98. The van der Waals surface area contributed by atoms with Gasteiger partial charge in [-0.1, -0.05) is 26.1 Å². The fourth-order valence-electron chi connectivity index (χ4n) is 3.68. The van der Waals surface area contributed by atoms with Crippen LogP contribution in [0, 0.1) is 11.7 Å². The third kappa shape index (κ3) is 9.71. The first kappa shape index (κ1) is 30.1. The van der Waals surface area contributed by atoms with Crippen LogP contribution in [-0.2, 0) is 22.2 Å². The summed E-state index contributed by atoms with van der Waals surface area (Å²) in [6.07, 6.45) is -1.20. The number of thiocarbonyl (C=S) groups is 1. The van der Waals surface area contributed by atoms with Gasteiger partial charge in [0.25, 0.3) is 5.91 Å². The average molecular weight is 543 g/mol. The van der Waals surface area contributed by atoms with E-state index in [-0.39, 0.29) is 30.6 Å². The van der Waals surface area contributed by atoms with Gasteiger partial charge in [0.2, 0.25) is 5.91 Å². The summed E-state index contributed by atoms with van der Waals surface area (Å²) in [6.45, 7) is 3.60. The zero-order valence-corrected chi connectivity index (χ0v) is 21.4. The molecule has 1 heterocycles. The number of carbonyl (C=O) groups excluding carboxylic acids is 3. The second-order valence-electron chi connectivity index (χ2n) is 9.05. The molecule has 0 saturated carbocycles. The van der Waals surface area contributed by atoms with Crippen molar-refractivity contribution in [3.63, 3.8) is 0 Å². The SMILES string of the molecule is CC(C)C[C@H](NC(=O)c1ccc(C(F)(F)F)cc1F)C(=O)N[C@@H](CCCC=S)C(=O)CCc1ccco1. The van der Waals surface area contributed by atoms with Crippen LogP contribution in [0.2, 0.25) is 0 Å². The van der Waals surface area contributed by atoms with E-state index in [4.69, 9.17) is 16.6 Å². The van der Waals surface area contributed by atoms with Crippen molar-refractivity contribution in [2.45, 2.75) is 70.6 Å². The van der Waals surface area contributed by atoms with Crippen molar-refractivity contribution in [1.82, 2.24) is 10.6 Å². The number of benzene rings is 1. The van der Waals surface area contributed by atoms with Crippen LogP contribution in [0.15, 0.2) is 41.0 Å². The molecule has 0 aliphatic rings. The Morgan fingerprint density at radius 2 is 1.84 bits per heavy atom. The molecule has 2 aromatic rings. The largest absolute Gasteiger partial charge is 0.469 e. The van der Waals surface area contributed by atoms with Gasteiger partial charge in [0, 0.05) is 12.8 Å². The monoisotopic (exact) mass is 542 g/mol. The van der Waals surface area contributed by atoms with Crippen LogP contribution in [-0.4, -0.2) is 35.0 Å². The molecule has 1 aromatic heterocycles. The molecule has 6 nitrogen and oxygen atoms in total. The van der Waals surface area contributed by atoms with Gasteiger partial charge in [-0.15, -0.1) is 0 Å². The van der Waals surface area contributed by atoms with E-state index >= 15 is 0 Å². The molecule has 2 rings (SSSR count). The first-order valence-electron chi connectivity index (χ1n) is 11.9. The smallest absolute Gasteiger partial charge is 0.416 e. The maximum Gasteiger partial charge on any atom is 0.416 e. The first-order valence-corrected chi connectivity index (χ1v) is 12.4. The number of nitrogens with one attached hydrogen (secondary N) is 2. The first-order chi connectivity index (χ1) is 17.4. The van der Waals surface area contributed by atoms with E-state index in [1.165, 1.54) is 11.6 Å². The average Bonchev–Trinajstić information content (AvgIpc) is 3.34. The lowest BCUT2D eigenvalue weighted by molar-refractivity contribution is -0.137. The van der Waals surface area contributed by atoms with Gasteiger partial charge in [0.1, 0.15) is 17.6 Å². The number of unbranched alkanes of at least 4 members (excludes halogenated alkanes) is 1. The lowest BCUT2D eigenvalue weighted by Crippen LogP contribution is -2.52. The lowest BCUT2D eigenvalue weighted by Gasteiger charge is -2.24. The van der Waals surface area contributed by atoms with Crippen molar-refractivity contribution in [1.29, 1.82) is 0 Å². The third-order valence-corrected chi connectivity index (χ3v) is 5.82. The van der Waals surface area contributed by atoms with Crippen molar-refractivity contribution >= 4 is 35.2 Å². The number of alkyl halides is 3. The molecule has 0 radical (unpaired) electrons. The predicted molar refractivity (Wildman–Crippen MR) is 134 cm³/mol. The fraction of sp³-hybridized carbons (Fsp3) is 0.462. The zero-order chi connectivity index (χ0) is 27.6. The van der Waals surface area contributed by atoms with E-state index in [1.54, 1.807) is 26.0 Å². The highest BCUT2D eigenvalue weighted by molar-refractivity contribution is 7.78. The second kappa shape index (κ2) is 14.0. The molecule has 0 aliphatic heterocycles. The summed E-state index contributed by atoms with van der Waals surface area (Å²) in [6, 6.07) is 3.02. The highest BCUT2D eigenvalue weighted by atomic mass is 32.1. The van der Waals surface area contributed by atoms with Crippen molar-refractivity contribution in [3.05, 3.63) is 59.3 Å². The van der Waals surface area contributed by atoms with Crippen LogP contribution in [0.5, 0.6) is 0 Å². The molecule has 202 valence electrons. The van der Waals surface area contributed by atoms with Crippen molar-refractivity contribution < 1.29 is 36.4 Å². The Hall–Kier alpha value is -3.08. The van der Waals surface area contributed by atoms with E-state index < -0.39 is 47.0 Å². The number of hydrogen-bond donors (Lipinski definition) is 2. The van der Waals surface area contributed by atoms with Crippen LogP contribution in [0.25, 0.3) is 0 Å². The van der Waals surface area contributed by atoms with Crippen LogP contribution >= 0.6 is 12.2 Å². The number of Topliss-reactive ketones (excluding diaryl/α,β-unsaturated/α-hetero) is 1. The molecule has 0 fully saturated rings. The maximum absolute atomic E-state index is 14.3. The molecule has 0 bridgehead atoms. The second-order valence-corrected chi connectivity index (χ2v) is 9.39. The summed E-state index contributed by atoms with van der Waals surface area (Å²) in [5, 5.41) is 6.63. The molecule has 0 aliphatic carbocycles. The van der Waals surface area contributed by atoms with Crippen molar-refractivity contribution in [3.8, 4) is 0 Å². The number of furan rings is 1. The molecule has 1 aromatic carbocycles. The minimum atomic E-state index is -4.77. The van der Waals surface area contributed by atoms with E-state index in [1.807, 2.05) is 0 Å². The Morgan fingerprint density at radius 1 is 1.11 bits per heavy atom. The van der Waals surface area contributed by atoms with E-state index in [0.29, 0.717) is 37.5 Å². The number of aryl methyl sites for hydroxylation is 1. The fourth-order valence-corrected chi connectivity index (χ4v) is 3.85. The molecular weight excluding hydrogens is 512 g/mol. The maximum atomic E-state index is 14.3. The Balaban J connectivity index is 2.15. The van der Waals surface area contributed by atoms with Gasteiger partial charge in [-0.25, -0.2) is 4.39 Å². The summed E-state index contributed by atoms with van der Waals surface area (Å²) in [5.74, 6) is -2.71. The number of halogens is 4. The van der Waals surface area contributed by atoms with Gasteiger partial charge in [0.15, 0.2) is 5.78 Å². The Labute approximate surface area is 218 Å². The predicted octanol–water partition coefficient (Wildman–Crippen LogP) is 5.44. The molecule has 0 spiro atoms. The number of hydrogen-bond acceptors (Lipinski definition) is 5. The normalized spacial score (nSPS) is 13.2. The van der Waals surface area contributed by atoms with Gasteiger partial charge in [0.05, 0.1) is 23.4 Å². The van der Waals surface area contributed by atoms with Crippen LogP contribution < -0.4 is 10.6 Å². The summed E-state index contributed by atoms with van der Waals surface area (Å²) in [4.78, 5) is 38.7. The molecule has 0 saturated heterocycles. The highest BCUT2D eigenvalue weighted by Crippen LogP contribution is 2.30. The quantitative estimate of drug-likeness (QED) is 0.189. The topological polar surface area (TPSA) is 88.4 Å². The van der Waals surface area contributed by atoms with Crippen molar-refractivity contribution in [2.24, 2.45) is 5.92 Å². The Kier molecular flexibility index (Phi) is 11.4.